The van der Waals surface area contributed by atoms with Crippen molar-refractivity contribution >= 4 is 5.95 Å². The van der Waals surface area contributed by atoms with Crippen molar-refractivity contribution in [1.29, 1.82) is 0 Å². The van der Waals surface area contributed by atoms with Gasteiger partial charge in [-0.25, -0.2) is 9.97 Å². The van der Waals surface area contributed by atoms with Gasteiger partial charge in [0.05, 0.1) is 5.69 Å². The molecule has 110 valence electrons. The molecule has 1 aliphatic rings. The quantitative estimate of drug-likeness (QED) is 0.874. The van der Waals surface area contributed by atoms with Crippen LogP contribution in [-0.2, 0) is 0 Å². The molecule has 1 fully saturated rings. The fourth-order valence-corrected chi connectivity index (χ4v) is 2.82. The number of anilines is 1. The van der Waals surface area contributed by atoms with E-state index in [9.17, 15) is 0 Å². The summed E-state index contributed by atoms with van der Waals surface area (Å²) in [5.41, 5.74) is 4.95. The Labute approximate surface area is 126 Å². The van der Waals surface area contributed by atoms with E-state index in [0.29, 0.717) is 5.92 Å². The minimum absolute atomic E-state index is 0.711. The molecule has 1 heterocycles. The van der Waals surface area contributed by atoms with Crippen LogP contribution in [0.2, 0.25) is 0 Å². The minimum Gasteiger partial charge on any atom is -0.354 e. The molecule has 1 aliphatic carbocycles. The highest BCUT2D eigenvalue weighted by molar-refractivity contribution is 5.68. The van der Waals surface area contributed by atoms with Crippen molar-refractivity contribution in [2.24, 2.45) is 0 Å². The van der Waals surface area contributed by atoms with Crippen molar-refractivity contribution in [2.45, 2.75) is 45.4 Å². The molecule has 0 unspecified atom stereocenters. The maximum atomic E-state index is 4.76. The highest BCUT2D eigenvalue weighted by Gasteiger charge is 2.23. The number of benzene rings is 1. The SMILES string of the molecule is CCCNc1ncc(C)c(-c2ccccc2C2CCC2)n1. The lowest BCUT2D eigenvalue weighted by molar-refractivity contribution is 0.420. The van der Waals surface area contributed by atoms with Crippen LogP contribution in [0.15, 0.2) is 30.5 Å². The summed E-state index contributed by atoms with van der Waals surface area (Å²) in [7, 11) is 0. The van der Waals surface area contributed by atoms with Gasteiger partial charge in [0, 0.05) is 18.3 Å². The van der Waals surface area contributed by atoms with Crippen molar-refractivity contribution < 1.29 is 0 Å². The summed E-state index contributed by atoms with van der Waals surface area (Å²) in [6.07, 6.45) is 6.97. The van der Waals surface area contributed by atoms with E-state index in [1.165, 1.54) is 30.4 Å². The number of hydrogen-bond acceptors (Lipinski definition) is 3. The van der Waals surface area contributed by atoms with E-state index in [1.807, 2.05) is 6.20 Å². The lowest BCUT2D eigenvalue weighted by atomic mass is 9.77. The van der Waals surface area contributed by atoms with Gasteiger partial charge < -0.3 is 5.32 Å². The first kappa shape index (κ1) is 14.1. The number of rotatable bonds is 5. The van der Waals surface area contributed by atoms with Gasteiger partial charge in [-0.15, -0.1) is 0 Å². The fourth-order valence-electron chi connectivity index (χ4n) is 2.82. The Morgan fingerprint density at radius 2 is 2.05 bits per heavy atom. The number of hydrogen-bond donors (Lipinski definition) is 1. The molecule has 0 atom stereocenters. The predicted octanol–water partition coefficient (Wildman–Crippen LogP) is 4.54. The highest BCUT2D eigenvalue weighted by Crippen LogP contribution is 2.41. The van der Waals surface area contributed by atoms with Crippen molar-refractivity contribution in [3.63, 3.8) is 0 Å². The zero-order valence-electron chi connectivity index (χ0n) is 12.9. The average Bonchev–Trinajstić information content (AvgIpc) is 2.45. The first-order valence-corrected chi connectivity index (χ1v) is 7.96. The van der Waals surface area contributed by atoms with Gasteiger partial charge in [-0.2, -0.15) is 0 Å². The van der Waals surface area contributed by atoms with Gasteiger partial charge in [-0.05, 0) is 43.2 Å². The molecule has 0 aliphatic heterocycles. The minimum atomic E-state index is 0.711. The number of nitrogens with one attached hydrogen (secondary N) is 1. The molecule has 0 radical (unpaired) electrons. The largest absolute Gasteiger partial charge is 0.354 e. The van der Waals surface area contributed by atoms with Crippen LogP contribution in [0.3, 0.4) is 0 Å². The van der Waals surface area contributed by atoms with Crippen LogP contribution in [0.25, 0.3) is 11.3 Å². The van der Waals surface area contributed by atoms with Crippen molar-refractivity contribution in [3.05, 3.63) is 41.6 Å². The van der Waals surface area contributed by atoms with E-state index in [0.717, 1.165) is 30.2 Å². The Morgan fingerprint density at radius 1 is 1.24 bits per heavy atom. The molecule has 1 N–H and O–H groups in total. The van der Waals surface area contributed by atoms with Gasteiger partial charge in [-0.3, -0.25) is 0 Å². The number of aromatic nitrogens is 2. The summed E-state index contributed by atoms with van der Waals surface area (Å²) < 4.78 is 0. The second kappa shape index (κ2) is 6.25. The van der Waals surface area contributed by atoms with E-state index in [-0.39, 0.29) is 0 Å². The predicted molar refractivity (Wildman–Crippen MR) is 87.6 cm³/mol. The lowest BCUT2D eigenvalue weighted by Gasteiger charge is -2.28. The Morgan fingerprint density at radius 3 is 2.76 bits per heavy atom. The fraction of sp³-hybridized carbons (Fsp3) is 0.444. The standard InChI is InChI=1S/C18H23N3/c1-3-11-19-18-20-12-13(2)17(21-18)16-10-5-4-9-15(16)14-7-6-8-14/h4-5,9-10,12,14H,3,6-8,11H2,1-2H3,(H,19,20,21). The first-order valence-electron chi connectivity index (χ1n) is 7.96. The van der Waals surface area contributed by atoms with Crippen LogP contribution in [0.4, 0.5) is 5.95 Å². The summed E-state index contributed by atoms with van der Waals surface area (Å²) in [6, 6.07) is 8.72. The molecule has 1 aromatic carbocycles. The zero-order chi connectivity index (χ0) is 14.7. The normalized spacial score (nSPS) is 14.8. The Bertz CT molecular complexity index is 618. The van der Waals surface area contributed by atoms with Crippen molar-refractivity contribution in [2.75, 3.05) is 11.9 Å². The molecule has 0 amide bonds. The summed E-state index contributed by atoms with van der Waals surface area (Å²) in [4.78, 5) is 9.15. The maximum Gasteiger partial charge on any atom is 0.223 e. The molecule has 3 rings (SSSR count). The third-order valence-corrected chi connectivity index (χ3v) is 4.27. The molecule has 1 saturated carbocycles. The molecule has 0 spiro atoms. The second-order valence-electron chi connectivity index (χ2n) is 5.87. The molecule has 0 bridgehead atoms. The highest BCUT2D eigenvalue weighted by atomic mass is 15.1. The van der Waals surface area contributed by atoms with Gasteiger partial charge in [0.2, 0.25) is 5.95 Å². The molecular formula is C18H23N3. The summed E-state index contributed by atoms with van der Waals surface area (Å²) >= 11 is 0. The average molecular weight is 281 g/mol. The number of aryl methyl sites for hydroxylation is 1. The zero-order valence-corrected chi connectivity index (χ0v) is 12.9. The number of nitrogens with zero attached hydrogens (tertiary/aromatic N) is 2. The van der Waals surface area contributed by atoms with E-state index in [4.69, 9.17) is 4.98 Å². The molecule has 0 saturated heterocycles. The van der Waals surface area contributed by atoms with Crippen LogP contribution >= 0.6 is 0 Å². The molecule has 3 heteroatoms. The summed E-state index contributed by atoms with van der Waals surface area (Å²) in [5, 5.41) is 3.29. The molecular weight excluding hydrogens is 258 g/mol. The molecule has 21 heavy (non-hydrogen) atoms. The monoisotopic (exact) mass is 281 g/mol. The maximum absolute atomic E-state index is 4.76. The third-order valence-electron chi connectivity index (χ3n) is 4.27. The topological polar surface area (TPSA) is 37.8 Å². The van der Waals surface area contributed by atoms with E-state index >= 15 is 0 Å². The van der Waals surface area contributed by atoms with Gasteiger partial charge in [-0.1, -0.05) is 37.6 Å². The van der Waals surface area contributed by atoms with Crippen LogP contribution in [0.5, 0.6) is 0 Å². The molecule has 2 aromatic rings. The van der Waals surface area contributed by atoms with E-state index in [1.54, 1.807) is 0 Å². The Balaban J connectivity index is 1.99. The molecule has 3 nitrogen and oxygen atoms in total. The van der Waals surface area contributed by atoms with E-state index in [2.05, 4.69) is 48.4 Å². The smallest absolute Gasteiger partial charge is 0.223 e. The lowest BCUT2D eigenvalue weighted by Crippen LogP contribution is -2.11. The van der Waals surface area contributed by atoms with Crippen molar-refractivity contribution in [1.82, 2.24) is 9.97 Å². The summed E-state index contributed by atoms with van der Waals surface area (Å²) in [5.74, 6) is 1.45. The molecule has 1 aromatic heterocycles. The van der Waals surface area contributed by atoms with E-state index < -0.39 is 0 Å². The van der Waals surface area contributed by atoms with Crippen LogP contribution in [0.1, 0.15) is 49.7 Å². The van der Waals surface area contributed by atoms with Crippen molar-refractivity contribution in [3.8, 4) is 11.3 Å². The third kappa shape index (κ3) is 2.92. The first-order chi connectivity index (χ1) is 10.3. The van der Waals surface area contributed by atoms with Crippen LogP contribution in [-0.4, -0.2) is 16.5 Å². The van der Waals surface area contributed by atoms with Crippen LogP contribution in [0, 0.1) is 6.92 Å². The Hall–Kier alpha value is -1.90. The van der Waals surface area contributed by atoms with Gasteiger partial charge in [0.1, 0.15) is 0 Å². The van der Waals surface area contributed by atoms with Crippen LogP contribution < -0.4 is 5.32 Å². The summed E-state index contributed by atoms with van der Waals surface area (Å²) in [6.45, 7) is 5.15. The van der Waals surface area contributed by atoms with Gasteiger partial charge >= 0.3 is 0 Å². The van der Waals surface area contributed by atoms with Gasteiger partial charge in [0.15, 0.2) is 0 Å². The Kier molecular flexibility index (Phi) is 4.18. The van der Waals surface area contributed by atoms with Gasteiger partial charge in [0.25, 0.3) is 0 Å². The second-order valence-corrected chi connectivity index (χ2v) is 5.87.